The smallest absolute Gasteiger partial charge is 0.371 e. The molecule has 0 saturated heterocycles. The van der Waals surface area contributed by atoms with Gasteiger partial charge in [-0.3, -0.25) is 4.79 Å². The molecule has 8 heteroatoms. The van der Waals surface area contributed by atoms with E-state index in [2.05, 4.69) is 25.9 Å². The lowest BCUT2D eigenvalue weighted by Gasteiger charge is -1.98. The number of carbonyl (C=O) groups is 1. The van der Waals surface area contributed by atoms with Crippen LogP contribution in [0.25, 0.3) is 0 Å². The highest BCUT2D eigenvalue weighted by atomic mass is 79.9. The number of rotatable bonds is 3. The van der Waals surface area contributed by atoms with Gasteiger partial charge in [-0.15, -0.1) is 0 Å². The Labute approximate surface area is 107 Å². The minimum absolute atomic E-state index is 0.159. The zero-order valence-corrected chi connectivity index (χ0v) is 10.5. The number of hydrogen-bond acceptors (Lipinski definition) is 5. The highest BCUT2D eigenvalue weighted by molar-refractivity contribution is 9.10. The summed E-state index contributed by atoms with van der Waals surface area (Å²) in [5.74, 6) is -1.30. The summed E-state index contributed by atoms with van der Waals surface area (Å²) in [5.41, 5.74) is -0.312. The van der Waals surface area contributed by atoms with Crippen LogP contribution in [-0.2, 0) is 0 Å². The van der Waals surface area contributed by atoms with Crippen LogP contribution in [0.1, 0.15) is 10.6 Å². The number of H-pyrrole nitrogens is 1. The molecule has 2 rings (SSSR count). The molecule has 0 aliphatic carbocycles. The standard InChI is InChI=1S/C9H5BrN2O4S/c10-6-7(13)11-3-12-8(6)17-5-2-1-4(16-5)9(14)15/h1-3H,(H,14,15)(H,11,12,13). The minimum atomic E-state index is -1.14. The Bertz CT molecular complexity index is 621. The van der Waals surface area contributed by atoms with Crippen molar-refractivity contribution in [2.45, 2.75) is 10.1 Å². The molecule has 2 aromatic rings. The van der Waals surface area contributed by atoms with Crippen LogP contribution in [0.4, 0.5) is 0 Å². The van der Waals surface area contributed by atoms with Gasteiger partial charge in [0.2, 0.25) is 5.76 Å². The summed E-state index contributed by atoms with van der Waals surface area (Å²) in [6.45, 7) is 0. The molecule has 0 bridgehead atoms. The quantitative estimate of drug-likeness (QED) is 0.840. The van der Waals surface area contributed by atoms with Gasteiger partial charge in [-0.05, 0) is 39.8 Å². The van der Waals surface area contributed by atoms with Gasteiger partial charge in [0.25, 0.3) is 5.56 Å². The Morgan fingerprint density at radius 1 is 1.53 bits per heavy atom. The van der Waals surface area contributed by atoms with Crippen molar-refractivity contribution in [3.63, 3.8) is 0 Å². The number of carboxylic acid groups (broad SMARTS) is 1. The van der Waals surface area contributed by atoms with E-state index < -0.39 is 5.97 Å². The van der Waals surface area contributed by atoms with Gasteiger partial charge in [-0.1, -0.05) is 0 Å². The van der Waals surface area contributed by atoms with Gasteiger partial charge in [0.1, 0.15) is 9.50 Å². The van der Waals surface area contributed by atoms with Gasteiger partial charge in [0.15, 0.2) is 5.09 Å². The van der Waals surface area contributed by atoms with Crippen molar-refractivity contribution in [3.05, 3.63) is 39.0 Å². The van der Waals surface area contributed by atoms with Crippen LogP contribution in [0.5, 0.6) is 0 Å². The van der Waals surface area contributed by atoms with Gasteiger partial charge in [0.05, 0.1) is 6.33 Å². The Morgan fingerprint density at radius 2 is 2.29 bits per heavy atom. The molecular formula is C9H5BrN2O4S. The van der Waals surface area contributed by atoms with Crippen molar-refractivity contribution in [1.82, 2.24) is 9.97 Å². The molecule has 0 radical (unpaired) electrons. The molecule has 0 aliphatic rings. The molecule has 0 spiro atoms. The second kappa shape index (κ2) is 4.76. The molecule has 2 N–H and O–H groups in total. The van der Waals surface area contributed by atoms with Gasteiger partial charge < -0.3 is 14.5 Å². The molecule has 0 amide bonds. The third kappa shape index (κ3) is 2.59. The zero-order valence-electron chi connectivity index (χ0n) is 8.14. The molecule has 0 saturated carbocycles. The summed E-state index contributed by atoms with van der Waals surface area (Å²) < 4.78 is 5.31. The highest BCUT2D eigenvalue weighted by Crippen LogP contribution is 2.30. The molecule has 17 heavy (non-hydrogen) atoms. The fourth-order valence-electron chi connectivity index (χ4n) is 1.02. The topological polar surface area (TPSA) is 96.2 Å². The largest absolute Gasteiger partial charge is 0.475 e. The number of halogens is 1. The van der Waals surface area contributed by atoms with Crippen LogP contribution in [0, 0.1) is 0 Å². The molecule has 0 aliphatic heterocycles. The lowest BCUT2D eigenvalue weighted by atomic mass is 10.5. The van der Waals surface area contributed by atoms with E-state index in [0.29, 0.717) is 10.1 Å². The molecule has 0 fully saturated rings. The number of aromatic nitrogens is 2. The second-order valence-corrected chi connectivity index (χ2v) is 4.66. The first-order valence-corrected chi connectivity index (χ1v) is 5.93. The first-order chi connectivity index (χ1) is 8.08. The maximum atomic E-state index is 11.3. The maximum Gasteiger partial charge on any atom is 0.371 e. The summed E-state index contributed by atoms with van der Waals surface area (Å²) in [6.07, 6.45) is 1.26. The van der Waals surface area contributed by atoms with Crippen molar-refractivity contribution in [1.29, 1.82) is 0 Å². The van der Waals surface area contributed by atoms with Crippen LogP contribution >= 0.6 is 27.7 Å². The van der Waals surface area contributed by atoms with Gasteiger partial charge in [-0.2, -0.15) is 0 Å². The number of carboxylic acids is 1. The fourth-order valence-corrected chi connectivity index (χ4v) is 2.23. The third-order valence-electron chi connectivity index (χ3n) is 1.75. The van der Waals surface area contributed by atoms with Crippen molar-refractivity contribution >= 4 is 33.7 Å². The SMILES string of the molecule is O=C(O)c1ccc(Sc2nc[nH]c(=O)c2Br)o1. The first kappa shape index (κ1) is 11.9. The van der Waals surface area contributed by atoms with Crippen LogP contribution in [0.15, 0.2) is 42.3 Å². The van der Waals surface area contributed by atoms with Gasteiger partial charge >= 0.3 is 5.97 Å². The number of aromatic amines is 1. The molecule has 2 aromatic heterocycles. The van der Waals surface area contributed by atoms with Crippen molar-refractivity contribution in [3.8, 4) is 0 Å². The Morgan fingerprint density at radius 3 is 2.94 bits per heavy atom. The van der Waals surface area contributed by atoms with Gasteiger partial charge in [-0.25, -0.2) is 9.78 Å². The van der Waals surface area contributed by atoms with Crippen LogP contribution in [0.2, 0.25) is 0 Å². The molecule has 2 heterocycles. The monoisotopic (exact) mass is 316 g/mol. The lowest BCUT2D eigenvalue weighted by molar-refractivity contribution is 0.0656. The van der Waals surface area contributed by atoms with Crippen LogP contribution < -0.4 is 5.56 Å². The fraction of sp³-hybridized carbons (Fsp3) is 0. The van der Waals surface area contributed by atoms with Crippen molar-refractivity contribution in [2.24, 2.45) is 0 Å². The average molecular weight is 317 g/mol. The van der Waals surface area contributed by atoms with E-state index in [4.69, 9.17) is 9.52 Å². The van der Waals surface area contributed by atoms with E-state index >= 15 is 0 Å². The summed E-state index contributed by atoms with van der Waals surface area (Å²) >= 11 is 4.15. The predicted octanol–water partition coefficient (Wildman–Crippen LogP) is 1.97. The molecule has 6 nitrogen and oxygen atoms in total. The van der Waals surface area contributed by atoms with Crippen LogP contribution in [0.3, 0.4) is 0 Å². The molecule has 88 valence electrons. The maximum absolute atomic E-state index is 11.3. The summed E-state index contributed by atoms with van der Waals surface area (Å²) in [6, 6.07) is 2.84. The van der Waals surface area contributed by atoms with Crippen molar-refractivity contribution in [2.75, 3.05) is 0 Å². The van der Waals surface area contributed by atoms with Crippen LogP contribution in [-0.4, -0.2) is 21.0 Å². The van der Waals surface area contributed by atoms with Crippen molar-refractivity contribution < 1.29 is 14.3 Å². The average Bonchev–Trinajstić information content (AvgIpc) is 2.73. The van der Waals surface area contributed by atoms with E-state index in [1.54, 1.807) is 0 Å². The van der Waals surface area contributed by atoms with E-state index in [1.165, 1.54) is 18.5 Å². The van der Waals surface area contributed by atoms with E-state index in [9.17, 15) is 9.59 Å². The number of nitrogens with one attached hydrogen (secondary N) is 1. The number of nitrogens with zero attached hydrogens (tertiary/aromatic N) is 1. The Hall–Kier alpha value is -1.54. The van der Waals surface area contributed by atoms with Gasteiger partial charge in [0, 0.05) is 0 Å². The number of hydrogen-bond donors (Lipinski definition) is 2. The molecular weight excluding hydrogens is 312 g/mol. The lowest BCUT2D eigenvalue weighted by Crippen LogP contribution is -2.07. The Kier molecular flexibility index (Phi) is 3.34. The number of aromatic carboxylic acids is 1. The summed E-state index contributed by atoms with van der Waals surface area (Å²) in [4.78, 5) is 28.2. The second-order valence-electron chi connectivity index (χ2n) is 2.88. The summed E-state index contributed by atoms with van der Waals surface area (Å²) in [7, 11) is 0. The third-order valence-corrected chi connectivity index (χ3v) is 3.68. The molecule has 0 aromatic carbocycles. The van der Waals surface area contributed by atoms with E-state index in [1.807, 2.05) is 0 Å². The number of furan rings is 1. The summed E-state index contributed by atoms with van der Waals surface area (Å²) in [5, 5.41) is 9.43. The highest BCUT2D eigenvalue weighted by Gasteiger charge is 2.13. The minimum Gasteiger partial charge on any atom is -0.475 e. The van der Waals surface area contributed by atoms with E-state index in [-0.39, 0.29) is 15.8 Å². The molecule has 0 atom stereocenters. The molecule has 0 unspecified atom stereocenters. The Balaban J connectivity index is 2.28. The normalized spacial score (nSPS) is 10.4. The van der Waals surface area contributed by atoms with E-state index in [0.717, 1.165) is 11.8 Å². The zero-order chi connectivity index (χ0) is 12.4. The predicted molar refractivity (Wildman–Crippen MR) is 62.3 cm³/mol. The first-order valence-electron chi connectivity index (χ1n) is 4.32.